The zero-order valence-electron chi connectivity index (χ0n) is 15.5. The van der Waals surface area contributed by atoms with E-state index >= 15 is 0 Å². The molecule has 1 fully saturated rings. The summed E-state index contributed by atoms with van der Waals surface area (Å²) in [5.41, 5.74) is 13.5. The summed E-state index contributed by atoms with van der Waals surface area (Å²) in [5.74, 6) is 0. The Labute approximate surface area is 152 Å². The third kappa shape index (κ3) is 4.54. The van der Waals surface area contributed by atoms with Crippen LogP contribution in [0, 0.1) is 11.5 Å². The summed E-state index contributed by atoms with van der Waals surface area (Å²) in [5, 5.41) is 9.14. The molecule has 2 rings (SSSR count). The highest BCUT2D eigenvalue weighted by Crippen LogP contribution is 2.38. The molecule has 0 aromatic heterocycles. The molecular formula is C22H29N3. The van der Waals surface area contributed by atoms with E-state index in [1.165, 1.54) is 33.4 Å². The van der Waals surface area contributed by atoms with Gasteiger partial charge in [-0.15, -0.1) is 0 Å². The van der Waals surface area contributed by atoms with Gasteiger partial charge in [0.2, 0.25) is 0 Å². The van der Waals surface area contributed by atoms with Gasteiger partial charge in [0.25, 0.3) is 0 Å². The van der Waals surface area contributed by atoms with Gasteiger partial charge in [-0.25, -0.2) is 0 Å². The lowest BCUT2D eigenvalue weighted by atomic mass is 9.80. The van der Waals surface area contributed by atoms with Crippen LogP contribution in [0.2, 0.25) is 0 Å². The van der Waals surface area contributed by atoms with Gasteiger partial charge in [0.15, 0.2) is 6.19 Å². The Bertz CT molecular complexity index is 698. The molecule has 0 aromatic carbocycles. The van der Waals surface area contributed by atoms with Crippen molar-refractivity contribution in [2.24, 2.45) is 5.73 Å². The van der Waals surface area contributed by atoms with Gasteiger partial charge in [-0.05, 0) is 86.1 Å². The predicted molar refractivity (Wildman–Crippen MR) is 105 cm³/mol. The second kappa shape index (κ2) is 9.13. The molecule has 1 aliphatic carbocycles. The van der Waals surface area contributed by atoms with Crippen LogP contribution in [0.25, 0.3) is 0 Å². The Kier molecular flexibility index (Phi) is 6.89. The van der Waals surface area contributed by atoms with Gasteiger partial charge in [-0.1, -0.05) is 30.4 Å². The van der Waals surface area contributed by atoms with Gasteiger partial charge >= 0.3 is 0 Å². The maximum atomic E-state index is 9.14. The molecule has 1 saturated heterocycles. The summed E-state index contributed by atoms with van der Waals surface area (Å²) in [6.07, 6.45) is 17.3. The number of nitriles is 1. The smallest absolute Gasteiger partial charge is 0.179 e. The molecule has 0 unspecified atom stereocenters. The molecule has 0 amide bonds. The number of hydrogen-bond acceptors (Lipinski definition) is 3. The average Bonchev–Trinajstić information content (AvgIpc) is 2.63. The first kappa shape index (κ1) is 18.9. The van der Waals surface area contributed by atoms with Crippen LogP contribution in [-0.4, -0.2) is 18.0 Å². The minimum Gasteiger partial charge on any atom is -0.405 e. The molecule has 2 aliphatic rings. The Balaban J connectivity index is 2.62. The van der Waals surface area contributed by atoms with E-state index in [-0.39, 0.29) is 0 Å². The summed E-state index contributed by atoms with van der Waals surface area (Å²) in [6, 6.07) is 0. The van der Waals surface area contributed by atoms with E-state index in [0.29, 0.717) is 0 Å². The molecule has 1 aliphatic heterocycles. The second-order valence-electron chi connectivity index (χ2n) is 6.64. The number of allylic oxidation sites excluding steroid dienone is 9. The molecule has 25 heavy (non-hydrogen) atoms. The lowest BCUT2D eigenvalue weighted by Gasteiger charge is -2.29. The third-order valence-electron chi connectivity index (χ3n) is 5.05. The number of nitrogens with two attached hydrogens (primary N) is 1. The zero-order chi connectivity index (χ0) is 18.2. The van der Waals surface area contributed by atoms with Gasteiger partial charge in [-0.2, -0.15) is 5.26 Å². The molecule has 0 atom stereocenters. The first-order valence-electron chi connectivity index (χ1n) is 9.09. The van der Waals surface area contributed by atoms with E-state index in [1.807, 2.05) is 17.9 Å². The van der Waals surface area contributed by atoms with Crippen molar-refractivity contribution in [2.75, 3.05) is 13.1 Å². The number of rotatable bonds is 2. The van der Waals surface area contributed by atoms with Crippen LogP contribution in [0.15, 0.2) is 70.5 Å². The SMILES string of the molecule is C=C1CCCC(/C=C\N)=C(C)C(=C2CCN(C#N)CC2)/C1=C/C=C\C. The minimum atomic E-state index is 0.800. The highest BCUT2D eigenvalue weighted by molar-refractivity contribution is 5.61. The summed E-state index contributed by atoms with van der Waals surface area (Å²) in [4.78, 5) is 1.84. The Morgan fingerprint density at radius 3 is 2.52 bits per heavy atom. The summed E-state index contributed by atoms with van der Waals surface area (Å²) in [7, 11) is 0. The summed E-state index contributed by atoms with van der Waals surface area (Å²) in [6.45, 7) is 10.2. The third-order valence-corrected chi connectivity index (χ3v) is 5.05. The molecule has 0 aromatic rings. The summed E-state index contributed by atoms with van der Waals surface area (Å²) >= 11 is 0. The van der Waals surface area contributed by atoms with Crippen molar-refractivity contribution < 1.29 is 0 Å². The number of piperidine rings is 1. The number of nitrogens with zero attached hydrogens (tertiary/aromatic N) is 2. The first-order valence-corrected chi connectivity index (χ1v) is 9.09. The predicted octanol–water partition coefficient (Wildman–Crippen LogP) is 4.89. The Hall–Kier alpha value is -2.47. The van der Waals surface area contributed by atoms with Crippen LogP contribution < -0.4 is 5.73 Å². The van der Waals surface area contributed by atoms with Crippen LogP contribution in [0.5, 0.6) is 0 Å². The van der Waals surface area contributed by atoms with E-state index in [9.17, 15) is 0 Å². The van der Waals surface area contributed by atoms with Crippen molar-refractivity contribution in [1.29, 1.82) is 5.26 Å². The molecule has 3 heteroatoms. The first-order chi connectivity index (χ1) is 12.1. The standard InChI is InChI=1S/C22H29N3/c1-4-5-9-21-17(2)7-6-8-19(10-13-23)18(3)22(21)20-11-14-25(16-24)15-12-20/h4-5,9-10,13H,2,6-8,11-12,14-15,23H2,1,3H3/b5-4-,13-10-,19-18?,21-9+. The van der Waals surface area contributed by atoms with Gasteiger partial charge in [0, 0.05) is 13.1 Å². The lowest BCUT2D eigenvalue weighted by molar-refractivity contribution is 0.363. The lowest BCUT2D eigenvalue weighted by Crippen LogP contribution is -2.27. The molecule has 132 valence electrons. The average molecular weight is 335 g/mol. The Morgan fingerprint density at radius 1 is 1.20 bits per heavy atom. The normalized spacial score (nSPS) is 22.0. The fourth-order valence-electron chi connectivity index (χ4n) is 3.65. The van der Waals surface area contributed by atoms with Crippen molar-refractivity contribution >= 4 is 0 Å². The van der Waals surface area contributed by atoms with Crippen molar-refractivity contribution in [2.45, 2.75) is 46.0 Å². The zero-order valence-corrected chi connectivity index (χ0v) is 15.5. The molecular weight excluding hydrogens is 306 g/mol. The minimum absolute atomic E-state index is 0.800. The quantitative estimate of drug-likeness (QED) is 0.731. The highest BCUT2D eigenvalue weighted by atomic mass is 15.1. The van der Waals surface area contributed by atoms with Crippen molar-refractivity contribution in [3.63, 3.8) is 0 Å². The van der Waals surface area contributed by atoms with Gasteiger partial charge in [-0.3, -0.25) is 0 Å². The molecule has 2 N–H and O–H groups in total. The molecule has 0 radical (unpaired) electrons. The number of likely N-dealkylation sites (tertiary alicyclic amines) is 1. The molecule has 3 nitrogen and oxygen atoms in total. The van der Waals surface area contributed by atoms with Gasteiger partial charge < -0.3 is 10.6 Å². The molecule has 0 spiro atoms. The maximum Gasteiger partial charge on any atom is 0.179 e. The van der Waals surface area contributed by atoms with Crippen LogP contribution in [0.3, 0.4) is 0 Å². The maximum absolute atomic E-state index is 9.14. The monoisotopic (exact) mass is 335 g/mol. The summed E-state index contributed by atoms with van der Waals surface area (Å²) < 4.78 is 0. The van der Waals surface area contributed by atoms with Crippen molar-refractivity contribution in [3.05, 3.63) is 70.5 Å². The fraction of sp³-hybridized carbons (Fsp3) is 0.409. The largest absolute Gasteiger partial charge is 0.405 e. The van der Waals surface area contributed by atoms with E-state index in [4.69, 9.17) is 11.0 Å². The fourth-order valence-corrected chi connectivity index (χ4v) is 3.65. The van der Waals surface area contributed by atoms with E-state index < -0.39 is 0 Å². The van der Waals surface area contributed by atoms with Crippen LogP contribution in [0.4, 0.5) is 0 Å². The van der Waals surface area contributed by atoms with Crippen LogP contribution in [0.1, 0.15) is 46.0 Å². The van der Waals surface area contributed by atoms with Crippen LogP contribution >= 0.6 is 0 Å². The highest BCUT2D eigenvalue weighted by Gasteiger charge is 2.23. The topological polar surface area (TPSA) is 53.0 Å². The van der Waals surface area contributed by atoms with E-state index in [0.717, 1.165) is 45.2 Å². The van der Waals surface area contributed by atoms with Crippen molar-refractivity contribution in [3.8, 4) is 6.19 Å². The van der Waals surface area contributed by atoms with E-state index in [2.05, 4.69) is 37.9 Å². The van der Waals surface area contributed by atoms with Crippen molar-refractivity contribution in [1.82, 2.24) is 4.90 Å². The molecule has 1 heterocycles. The Morgan fingerprint density at radius 2 is 1.92 bits per heavy atom. The van der Waals surface area contributed by atoms with E-state index in [1.54, 1.807) is 6.20 Å². The number of hydrogen-bond donors (Lipinski definition) is 1. The van der Waals surface area contributed by atoms with Gasteiger partial charge in [0.1, 0.15) is 0 Å². The molecule has 0 bridgehead atoms. The second-order valence-corrected chi connectivity index (χ2v) is 6.64. The van der Waals surface area contributed by atoms with Gasteiger partial charge in [0.05, 0.1) is 0 Å². The molecule has 0 saturated carbocycles. The van der Waals surface area contributed by atoms with Crippen LogP contribution in [-0.2, 0) is 0 Å².